The van der Waals surface area contributed by atoms with E-state index in [1.807, 2.05) is 6.07 Å². The van der Waals surface area contributed by atoms with Crippen molar-refractivity contribution in [1.29, 1.82) is 5.26 Å². The van der Waals surface area contributed by atoms with Crippen molar-refractivity contribution in [3.63, 3.8) is 0 Å². The number of fused-ring (bicyclic) bond motifs is 1. The molecule has 0 fully saturated rings. The molecule has 8 heteroatoms. The van der Waals surface area contributed by atoms with Crippen LogP contribution in [-0.4, -0.2) is 32.5 Å². The first kappa shape index (κ1) is 19.6. The molecule has 0 amide bonds. The second-order valence-electron chi connectivity index (χ2n) is 7.13. The molecule has 146 valence electrons. The summed E-state index contributed by atoms with van der Waals surface area (Å²) in [5.41, 5.74) is -0.498. The van der Waals surface area contributed by atoms with Crippen molar-refractivity contribution < 1.29 is 24.5 Å². The highest BCUT2D eigenvalue weighted by molar-refractivity contribution is 5.66. The Bertz CT molecular complexity index is 1020. The number of hydrogen-bond donors (Lipinski definition) is 2. The van der Waals surface area contributed by atoms with Crippen LogP contribution in [0.2, 0.25) is 0 Å². The van der Waals surface area contributed by atoms with Gasteiger partial charge in [0, 0.05) is 30.3 Å². The standard InChI is InChI=1S/C20H20N2O6/c1-11(23)27-18-17(22-10-13(19(25)26)5-7-16(22)24)14-8-12(9-21)4-6-15(14)28-20(18,2)3/h4-8,10,17-19,25-26H,1-3H3. The van der Waals surface area contributed by atoms with E-state index in [1.165, 1.54) is 29.8 Å². The predicted molar refractivity (Wildman–Crippen MR) is 97.4 cm³/mol. The molecule has 8 nitrogen and oxygen atoms in total. The summed E-state index contributed by atoms with van der Waals surface area (Å²) in [5.74, 6) is -0.114. The molecule has 1 aromatic heterocycles. The van der Waals surface area contributed by atoms with E-state index in [2.05, 4.69) is 0 Å². The number of esters is 1. The summed E-state index contributed by atoms with van der Waals surface area (Å²) in [6.07, 6.45) is -1.38. The summed E-state index contributed by atoms with van der Waals surface area (Å²) in [5, 5.41) is 28.3. The fourth-order valence-corrected chi connectivity index (χ4v) is 3.40. The number of aromatic nitrogens is 1. The SMILES string of the molecule is CC(=O)OC1C(n2cc(C(O)O)ccc2=O)c2cc(C#N)ccc2OC1(C)C. The summed E-state index contributed by atoms with van der Waals surface area (Å²) < 4.78 is 12.8. The fraction of sp³-hybridized carbons (Fsp3) is 0.350. The molecule has 2 heterocycles. The van der Waals surface area contributed by atoms with E-state index >= 15 is 0 Å². The maximum atomic E-state index is 12.7. The van der Waals surface area contributed by atoms with Crippen LogP contribution in [0.4, 0.5) is 0 Å². The highest BCUT2D eigenvalue weighted by Gasteiger charge is 2.47. The zero-order valence-corrected chi connectivity index (χ0v) is 15.6. The van der Waals surface area contributed by atoms with Gasteiger partial charge in [-0.3, -0.25) is 9.59 Å². The largest absolute Gasteiger partial charge is 0.484 e. The van der Waals surface area contributed by atoms with Gasteiger partial charge in [-0.15, -0.1) is 0 Å². The number of nitriles is 1. The number of hydrogen-bond acceptors (Lipinski definition) is 7. The Balaban J connectivity index is 2.30. The monoisotopic (exact) mass is 384 g/mol. The molecule has 28 heavy (non-hydrogen) atoms. The van der Waals surface area contributed by atoms with E-state index in [1.54, 1.807) is 32.0 Å². The molecule has 2 atom stereocenters. The Hall–Kier alpha value is -3.15. The highest BCUT2D eigenvalue weighted by Crippen LogP contribution is 2.43. The van der Waals surface area contributed by atoms with Crippen molar-refractivity contribution in [3.8, 4) is 11.8 Å². The molecule has 0 spiro atoms. The molecule has 0 saturated carbocycles. The third-order valence-corrected chi connectivity index (χ3v) is 4.65. The number of carbonyl (C=O) groups excluding carboxylic acids is 1. The summed E-state index contributed by atoms with van der Waals surface area (Å²) in [6, 6.07) is 8.51. The van der Waals surface area contributed by atoms with E-state index in [4.69, 9.17) is 9.47 Å². The molecule has 1 aromatic carbocycles. The summed E-state index contributed by atoms with van der Waals surface area (Å²) in [7, 11) is 0. The van der Waals surface area contributed by atoms with Crippen LogP contribution in [0.1, 0.15) is 49.8 Å². The second kappa shape index (κ2) is 7.11. The van der Waals surface area contributed by atoms with Gasteiger partial charge >= 0.3 is 5.97 Å². The van der Waals surface area contributed by atoms with Crippen molar-refractivity contribution >= 4 is 5.97 Å². The Morgan fingerprint density at radius 3 is 2.64 bits per heavy atom. The van der Waals surface area contributed by atoms with Crippen LogP contribution in [0.15, 0.2) is 41.3 Å². The first-order chi connectivity index (χ1) is 13.1. The van der Waals surface area contributed by atoms with Crippen molar-refractivity contribution in [2.24, 2.45) is 0 Å². The number of carbonyl (C=O) groups is 1. The van der Waals surface area contributed by atoms with Crippen LogP contribution in [0.3, 0.4) is 0 Å². The van der Waals surface area contributed by atoms with Gasteiger partial charge in [-0.25, -0.2) is 0 Å². The third-order valence-electron chi connectivity index (χ3n) is 4.65. The van der Waals surface area contributed by atoms with Gasteiger partial charge in [0.2, 0.25) is 0 Å². The number of pyridine rings is 1. The van der Waals surface area contributed by atoms with Gasteiger partial charge in [0.15, 0.2) is 12.4 Å². The smallest absolute Gasteiger partial charge is 0.303 e. The quantitative estimate of drug-likeness (QED) is 0.606. The topological polar surface area (TPSA) is 122 Å². The van der Waals surface area contributed by atoms with Crippen molar-refractivity contribution in [2.45, 2.75) is 44.8 Å². The molecule has 0 saturated heterocycles. The summed E-state index contributed by atoms with van der Waals surface area (Å²) in [6.45, 7) is 4.71. The Morgan fingerprint density at radius 1 is 1.32 bits per heavy atom. The van der Waals surface area contributed by atoms with Crippen LogP contribution >= 0.6 is 0 Å². The van der Waals surface area contributed by atoms with E-state index in [-0.39, 0.29) is 5.56 Å². The normalized spacial score (nSPS) is 20.0. The van der Waals surface area contributed by atoms with Gasteiger partial charge in [-0.2, -0.15) is 5.26 Å². The molecule has 2 aromatic rings. The van der Waals surface area contributed by atoms with Crippen molar-refractivity contribution in [2.75, 3.05) is 0 Å². The summed E-state index contributed by atoms with van der Waals surface area (Å²) in [4.78, 5) is 24.4. The maximum Gasteiger partial charge on any atom is 0.303 e. The molecular weight excluding hydrogens is 364 g/mol. The van der Waals surface area contributed by atoms with E-state index < -0.39 is 35.6 Å². The Labute approximate surface area is 161 Å². The highest BCUT2D eigenvalue weighted by atomic mass is 16.6. The minimum Gasteiger partial charge on any atom is -0.484 e. The molecule has 1 aliphatic rings. The first-order valence-electron chi connectivity index (χ1n) is 8.62. The molecular formula is C20H20N2O6. The molecule has 2 unspecified atom stereocenters. The van der Waals surface area contributed by atoms with Crippen LogP contribution in [0.25, 0.3) is 0 Å². The van der Waals surface area contributed by atoms with Crippen LogP contribution in [-0.2, 0) is 9.53 Å². The van der Waals surface area contributed by atoms with Gasteiger partial charge in [-0.05, 0) is 38.1 Å². The number of rotatable bonds is 3. The summed E-state index contributed by atoms with van der Waals surface area (Å²) >= 11 is 0. The third kappa shape index (κ3) is 3.50. The van der Waals surface area contributed by atoms with Gasteiger partial charge in [0.25, 0.3) is 5.56 Å². The molecule has 0 aliphatic carbocycles. The number of nitrogens with zero attached hydrogens (tertiary/aromatic N) is 2. The van der Waals surface area contributed by atoms with Gasteiger partial charge in [-0.1, -0.05) is 0 Å². The molecule has 0 radical (unpaired) electrons. The lowest BCUT2D eigenvalue weighted by molar-refractivity contribution is -0.163. The number of aliphatic hydroxyl groups excluding tert-OH is 1. The molecule has 1 aliphatic heterocycles. The number of benzene rings is 1. The van der Waals surface area contributed by atoms with Crippen LogP contribution < -0.4 is 10.3 Å². The van der Waals surface area contributed by atoms with Crippen LogP contribution in [0.5, 0.6) is 5.75 Å². The molecule has 0 bridgehead atoms. The van der Waals surface area contributed by atoms with E-state index in [0.717, 1.165) is 0 Å². The average Bonchev–Trinajstić information content (AvgIpc) is 2.62. The predicted octanol–water partition coefficient (Wildman–Crippen LogP) is 1.40. The maximum absolute atomic E-state index is 12.7. The lowest BCUT2D eigenvalue weighted by atomic mass is 9.85. The lowest BCUT2D eigenvalue weighted by Crippen LogP contribution is -2.54. The average molecular weight is 384 g/mol. The molecule has 3 rings (SSSR count). The van der Waals surface area contributed by atoms with Gasteiger partial charge in [0.05, 0.1) is 11.6 Å². The molecule has 2 N–H and O–H groups in total. The minimum atomic E-state index is -1.78. The van der Waals surface area contributed by atoms with Gasteiger partial charge in [0.1, 0.15) is 17.4 Å². The van der Waals surface area contributed by atoms with Crippen molar-refractivity contribution in [1.82, 2.24) is 4.57 Å². The van der Waals surface area contributed by atoms with E-state index in [9.17, 15) is 25.1 Å². The van der Waals surface area contributed by atoms with Gasteiger partial charge < -0.3 is 24.3 Å². The fourth-order valence-electron chi connectivity index (χ4n) is 3.40. The number of ether oxygens (including phenoxy) is 2. The number of aliphatic hydroxyl groups is 2. The zero-order valence-electron chi connectivity index (χ0n) is 15.6. The van der Waals surface area contributed by atoms with Crippen LogP contribution in [0, 0.1) is 11.3 Å². The lowest BCUT2D eigenvalue weighted by Gasteiger charge is -2.44. The minimum absolute atomic E-state index is 0.100. The first-order valence-corrected chi connectivity index (χ1v) is 8.62. The van der Waals surface area contributed by atoms with E-state index in [0.29, 0.717) is 16.9 Å². The Morgan fingerprint density at radius 2 is 2.04 bits per heavy atom. The van der Waals surface area contributed by atoms with Crippen molar-refractivity contribution in [3.05, 3.63) is 63.6 Å². The zero-order chi connectivity index (χ0) is 20.6. The Kier molecular flexibility index (Phi) is 4.98. The second-order valence-corrected chi connectivity index (χ2v) is 7.13.